The molecule has 0 aliphatic carbocycles. The van der Waals surface area contributed by atoms with Crippen LogP contribution in [0.5, 0.6) is 0 Å². The maximum atomic E-state index is 10.5. The minimum atomic E-state index is -4.02. The molecular formula is C15H27N5O3S. The van der Waals surface area contributed by atoms with E-state index in [1.165, 1.54) is 12.1 Å². The Labute approximate surface area is 143 Å². The molecule has 0 saturated heterocycles. The van der Waals surface area contributed by atoms with Gasteiger partial charge in [-0.1, -0.05) is 17.7 Å². The Morgan fingerprint density at radius 3 is 2.46 bits per heavy atom. The molecule has 0 radical (unpaired) electrons. The van der Waals surface area contributed by atoms with Crippen LogP contribution in [0.2, 0.25) is 0 Å². The first kappa shape index (κ1) is 20.4. The minimum absolute atomic E-state index is 0.0666. The van der Waals surface area contributed by atoms with Crippen molar-refractivity contribution in [2.45, 2.75) is 24.4 Å². The molecule has 0 aromatic heterocycles. The number of guanidine groups is 1. The molecule has 9 heteroatoms. The lowest BCUT2D eigenvalue weighted by molar-refractivity contribution is 0.400. The Bertz CT molecular complexity index is 629. The zero-order chi connectivity index (χ0) is 18.2. The van der Waals surface area contributed by atoms with Crippen LogP contribution in [0.4, 0.5) is 0 Å². The molecule has 1 aromatic rings. The van der Waals surface area contributed by atoms with Crippen LogP contribution in [0.3, 0.4) is 0 Å². The summed E-state index contributed by atoms with van der Waals surface area (Å²) in [5.41, 5.74) is 6.54. The first-order chi connectivity index (χ1) is 11.2. The molecule has 1 aliphatic heterocycles. The van der Waals surface area contributed by atoms with E-state index < -0.39 is 10.1 Å². The summed E-state index contributed by atoms with van der Waals surface area (Å²) in [4.78, 5) is 6.26. The second-order valence-electron chi connectivity index (χ2n) is 5.80. The number of nitrogens with two attached hydrogens (primary N) is 1. The van der Waals surface area contributed by atoms with E-state index in [9.17, 15) is 8.42 Å². The summed E-state index contributed by atoms with van der Waals surface area (Å²) in [7, 11) is 0.122. The Kier molecular flexibility index (Phi) is 8.13. The molecular weight excluding hydrogens is 330 g/mol. The second kappa shape index (κ2) is 9.58. The summed E-state index contributed by atoms with van der Waals surface area (Å²) in [6, 6.07) is 5.99. The van der Waals surface area contributed by atoms with Gasteiger partial charge in [0, 0.05) is 6.54 Å². The van der Waals surface area contributed by atoms with Gasteiger partial charge in [0.25, 0.3) is 10.1 Å². The molecule has 1 unspecified atom stereocenters. The van der Waals surface area contributed by atoms with E-state index in [-0.39, 0.29) is 11.1 Å². The lowest BCUT2D eigenvalue weighted by Gasteiger charge is -2.10. The van der Waals surface area contributed by atoms with E-state index in [0.717, 1.165) is 37.6 Å². The number of aryl methyl sites for hydroxylation is 1. The number of hydrogen-bond donors (Lipinski definition) is 4. The van der Waals surface area contributed by atoms with Crippen molar-refractivity contribution in [3.63, 3.8) is 0 Å². The van der Waals surface area contributed by atoms with Crippen LogP contribution >= 0.6 is 0 Å². The fraction of sp³-hybridized carbons (Fsp3) is 0.533. The van der Waals surface area contributed by atoms with Crippen molar-refractivity contribution < 1.29 is 13.0 Å². The van der Waals surface area contributed by atoms with Crippen LogP contribution in [-0.4, -0.2) is 63.7 Å². The molecule has 1 heterocycles. The van der Waals surface area contributed by atoms with Crippen molar-refractivity contribution >= 4 is 16.1 Å². The van der Waals surface area contributed by atoms with Gasteiger partial charge in [-0.25, -0.2) is 4.99 Å². The fourth-order valence-corrected chi connectivity index (χ4v) is 2.36. The highest BCUT2D eigenvalue weighted by molar-refractivity contribution is 7.85. The minimum Gasteiger partial charge on any atom is -0.356 e. The zero-order valence-corrected chi connectivity index (χ0v) is 15.2. The number of hydrogen-bond acceptors (Lipinski definition) is 7. The van der Waals surface area contributed by atoms with E-state index in [1.54, 1.807) is 12.1 Å². The van der Waals surface area contributed by atoms with Gasteiger partial charge < -0.3 is 21.3 Å². The average Bonchev–Trinajstić information content (AvgIpc) is 2.89. The van der Waals surface area contributed by atoms with Gasteiger partial charge in [0.1, 0.15) is 6.17 Å². The summed E-state index contributed by atoms with van der Waals surface area (Å²) in [5.74, 6) is 0.839. The fourth-order valence-electron chi connectivity index (χ4n) is 1.88. The van der Waals surface area contributed by atoms with Gasteiger partial charge in [-0.15, -0.1) is 0 Å². The van der Waals surface area contributed by atoms with Gasteiger partial charge >= 0.3 is 0 Å². The van der Waals surface area contributed by atoms with Gasteiger partial charge in [-0.2, -0.15) is 8.42 Å². The van der Waals surface area contributed by atoms with E-state index in [0.29, 0.717) is 0 Å². The van der Waals surface area contributed by atoms with Gasteiger partial charge in [0.05, 0.1) is 11.4 Å². The highest BCUT2D eigenvalue weighted by Crippen LogP contribution is 2.08. The topological polar surface area (TPSA) is 120 Å². The van der Waals surface area contributed by atoms with Crippen LogP contribution in [0.1, 0.15) is 12.0 Å². The number of benzene rings is 1. The highest BCUT2D eigenvalue weighted by Gasteiger charge is 2.10. The van der Waals surface area contributed by atoms with Crippen molar-refractivity contribution in [3.8, 4) is 0 Å². The molecule has 136 valence electrons. The van der Waals surface area contributed by atoms with Crippen molar-refractivity contribution in [3.05, 3.63) is 29.8 Å². The van der Waals surface area contributed by atoms with E-state index >= 15 is 0 Å². The second-order valence-corrected chi connectivity index (χ2v) is 7.22. The third kappa shape index (κ3) is 8.25. The van der Waals surface area contributed by atoms with E-state index in [2.05, 4.69) is 34.6 Å². The van der Waals surface area contributed by atoms with Crippen molar-refractivity contribution in [2.75, 3.05) is 33.7 Å². The van der Waals surface area contributed by atoms with Gasteiger partial charge in [0.2, 0.25) is 0 Å². The third-order valence-electron chi connectivity index (χ3n) is 3.17. The third-order valence-corrected chi connectivity index (χ3v) is 4.03. The molecule has 8 nitrogen and oxygen atoms in total. The van der Waals surface area contributed by atoms with Gasteiger partial charge in [0.15, 0.2) is 5.96 Å². The Balaban J connectivity index is 0.000000243. The van der Waals surface area contributed by atoms with Crippen LogP contribution in [0.25, 0.3) is 0 Å². The van der Waals surface area contributed by atoms with Crippen LogP contribution in [0.15, 0.2) is 34.2 Å². The number of rotatable bonds is 5. The van der Waals surface area contributed by atoms with Gasteiger partial charge in [-0.05, 0) is 46.1 Å². The molecule has 1 aliphatic rings. The predicted molar refractivity (Wildman–Crippen MR) is 95.6 cm³/mol. The Hall–Kier alpha value is -1.68. The molecule has 5 N–H and O–H groups in total. The first-order valence-corrected chi connectivity index (χ1v) is 9.12. The maximum Gasteiger partial charge on any atom is 0.294 e. The number of aliphatic imine (C=N–C) groups is 1. The normalized spacial score (nSPS) is 16.9. The molecule has 24 heavy (non-hydrogen) atoms. The Morgan fingerprint density at radius 2 is 2.00 bits per heavy atom. The molecule has 0 fully saturated rings. The lowest BCUT2D eigenvalue weighted by Crippen LogP contribution is -2.35. The molecule has 0 amide bonds. The summed E-state index contributed by atoms with van der Waals surface area (Å²) in [5, 5.41) is 6.29. The number of nitrogens with zero attached hydrogens (tertiary/aromatic N) is 2. The van der Waals surface area contributed by atoms with Crippen LogP contribution in [0, 0.1) is 6.92 Å². The quantitative estimate of drug-likeness (QED) is 0.433. The molecule has 0 saturated carbocycles. The zero-order valence-electron chi connectivity index (χ0n) is 14.4. The summed E-state index contributed by atoms with van der Waals surface area (Å²) in [6.07, 6.45) is 1.04. The molecule has 1 aromatic carbocycles. The monoisotopic (exact) mass is 357 g/mol. The van der Waals surface area contributed by atoms with Crippen molar-refractivity contribution in [1.29, 1.82) is 0 Å². The molecule has 0 bridgehead atoms. The predicted octanol–water partition coefficient (Wildman–Crippen LogP) is 0.0134. The Morgan fingerprint density at radius 1 is 1.38 bits per heavy atom. The average molecular weight is 357 g/mol. The maximum absolute atomic E-state index is 10.5. The first-order valence-electron chi connectivity index (χ1n) is 7.68. The largest absolute Gasteiger partial charge is 0.356 e. The van der Waals surface area contributed by atoms with Crippen LogP contribution < -0.4 is 16.4 Å². The van der Waals surface area contributed by atoms with E-state index in [1.807, 2.05) is 6.92 Å². The van der Waals surface area contributed by atoms with E-state index in [4.69, 9.17) is 10.3 Å². The molecule has 1 atom stereocenters. The van der Waals surface area contributed by atoms with Crippen molar-refractivity contribution in [2.24, 2.45) is 10.7 Å². The van der Waals surface area contributed by atoms with Gasteiger partial charge in [-0.3, -0.25) is 4.55 Å². The lowest BCUT2D eigenvalue weighted by atomic mass is 10.2. The number of nitrogens with one attached hydrogen (secondary N) is 2. The molecule has 0 spiro atoms. The van der Waals surface area contributed by atoms with Crippen molar-refractivity contribution in [1.82, 2.24) is 15.5 Å². The highest BCUT2D eigenvalue weighted by atomic mass is 32.2. The standard InChI is InChI=1S/C8H19N5.C7H8O3S/c1-13(2)5-3-4-10-8-11-6-7(9)12-8;1-6-2-4-7(5-3-6)11(8,9)10/h7H,3-6,9H2,1-2H3,(H2,10,11,12);2-5H,1H3,(H,8,9,10). The summed E-state index contributed by atoms with van der Waals surface area (Å²) < 4.78 is 29.6. The SMILES string of the molecule is CN(C)CCCNC1=NC(N)CN1.Cc1ccc(S(=O)(=O)O)cc1. The van der Waals surface area contributed by atoms with Crippen LogP contribution in [-0.2, 0) is 10.1 Å². The summed E-state index contributed by atoms with van der Waals surface area (Å²) >= 11 is 0. The molecule has 2 rings (SSSR count). The smallest absolute Gasteiger partial charge is 0.294 e. The summed E-state index contributed by atoms with van der Waals surface area (Å²) in [6.45, 7) is 4.62.